The summed E-state index contributed by atoms with van der Waals surface area (Å²) < 4.78 is 31.0. The van der Waals surface area contributed by atoms with Gasteiger partial charge >= 0.3 is 0 Å². The van der Waals surface area contributed by atoms with E-state index < -0.39 is 5.92 Å². The van der Waals surface area contributed by atoms with Crippen LogP contribution in [-0.4, -0.2) is 9.97 Å². The van der Waals surface area contributed by atoms with Crippen LogP contribution in [0.2, 0.25) is 0 Å². The Kier molecular flexibility index (Phi) is 6.77. The molecule has 8 aromatic rings. The third-order valence-corrected chi connectivity index (χ3v) is 9.43. The molecular weight excluding hydrogens is 607 g/mol. The number of fused-ring (bicyclic) bond motifs is 4. The van der Waals surface area contributed by atoms with Crippen LogP contribution in [0, 0.1) is 0 Å². The van der Waals surface area contributed by atoms with Crippen molar-refractivity contribution in [1.29, 1.82) is 0 Å². The van der Waals surface area contributed by atoms with Crippen molar-refractivity contribution in [1.82, 2.24) is 9.97 Å². The molecule has 1 aliphatic carbocycles. The second kappa shape index (κ2) is 11.5. The molecule has 0 unspecified atom stereocenters. The van der Waals surface area contributed by atoms with Crippen molar-refractivity contribution < 1.29 is 8.78 Å². The highest BCUT2D eigenvalue weighted by molar-refractivity contribution is 5.91. The SMILES string of the molecule is FC1(F)c2ccccc2-c2ccc(-c3ccc4ccc(-c5nc(-c6ccccc6)cc(-c6ccc(-c7ccccc7)cc6)n5)cc4c3)cc21. The fraction of sp³-hybridized carbons (Fsp3) is 0.0222. The van der Waals surface area contributed by atoms with Gasteiger partial charge in [-0.15, -0.1) is 0 Å². The lowest BCUT2D eigenvalue weighted by molar-refractivity contribution is 0.0480. The van der Waals surface area contributed by atoms with Crippen molar-refractivity contribution in [3.8, 4) is 67.3 Å². The number of alkyl halides is 2. The Labute approximate surface area is 283 Å². The van der Waals surface area contributed by atoms with Gasteiger partial charge in [-0.1, -0.05) is 146 Å². The van der Waals surface area contributed by atoms with Gasteiger partial charge in [-0.25, -0.2) is 9.97 Å². The molecule has 0 saturated heterocycles. The van der Waals surface area contributed by atoms with E-state index in [4.69, 9.17) is 9.97 Å². The topological polar surface area (TPSA) is 25.8 Å². The second-order valence-electron chi connectivity index (χ2n) is 12.4. The summed E-state index contributed by atoms with van der Waals surface area (Å²) in [5, 5.41) is 2.02. The summed E-state index contributed by atoms with van der Waals surface area (Å²) in [6.07, 6.45) is 0. The van der Waals surface area contributed by atoms with E-state index in [9.17, 15) is 0 Å². The first-order valence-electron chi connectivity index (χ1n) is 16.3. The average Bonchev–Trinajstić information content (AvgIpc) is 3.40. The van der Waals surface area contributed by atoms with Crippen LogP contribution in [-0.2, 0) is 5.92 Å². The van der Waals surface area contributed by atoms with Gasteiger partial charge in [0.25, 0.3) is 5.92 Å². The first kappa shape index (κ1) is 28.9. The van der Waals surface area contributed by atoms with Gasteiger partial charge in [-0.3, -0.25) is 0 Å². The van der Waals surface area contributed by atoms with E-state index in [2.05, 4.69) is 66.7 Å². The molecule has 7 aromatic carbocycles. The van der Waals surface area contributed by atoms with Crippen LogP contribution < -0.4 is 0 Å². The van der Waals surface area contributed by atoms with E-state index in [0.717, 1.165) is 61.1 Å². The number of hydrogen-bond acceptors (Lipinski definition) is 2. The van der Waals surface area contributed by atoms with E-state index in [1.165, 1.54) is 6.07 Å². The zero-order chi connectivity index (χ0) is 33.0. The van der Waals surface area contributed by atoms with Crippen LogP contribution >= 0.6 is 0 Å². The van der Waals surface area contributed by atoms with Crippen LogP contribution in [0.1, 0.15) is 11.1 Å². The Morgan fingerprint density at radius 2 is 0.837 bits per heavy atom. The molecule has 0 spiro atoms. The fourth-order valence-electron chi connectivity index (χ4n) is 6.87. The maximum absolute atomic E-state index is 15.5. The molecule has 0 bridgehead atoms. The van der Waals surface area contributed by atoms with Crippen LogP contribution in [0.4, 0.5) is 8.78 Å². The number of benzene rings is 7. The Balaban J connectivity index is 1.12. The first-order chi connectivity index (χ1) is 24.0. The Morgan fingerprint density at radius 3 is 1.57 bits per heavy atom. The van der Waals surface area contributed by atoms with Gasteiger partial charge in [0.05, 0.1) is 11.4 Å². The first-order valence-corrected chi connectivity index (χ1v) is 16.3. The number of rotatable bonds is 5. The minimum Gasteiger partial charge on any atom is -0.228 e. The van der Waals surface area contributed by atoms with Gasteiger partial charge in [0, 0.05) is 27.8 Å². The van der Waals surface area contributed by atoms with Gasteiger partial charge in [-0.2, -0.15) is 8.78 Å². The Hall–Kier alpha value is -6.26. The molecule has 1 heterocycles. The maximum atomic E-state index is 15.5. The monoisotopic (exact) mass is 634 g/mol. The van der Waals surface area contributed by atoms with Crippen molar-refractivity contribution >= 4 is 10.8 Å². The number of hydrogen-bond donors (Lipinski definition) is 0. The number of nitrogens with zero attached hydrogens (tertiary/aromatic N) is 2. The summed E-state index contributed by atoms with van der Waals surface area (Å²) in [4.78, 5) is 10.1. The van der Waals surface area contributed by atoms with Crippen LogP contribution in [0.3, 0.4) is 0 Å². The van der Waals surface area contributed by atoms with Crippen molar-refractivity contribution in [2.75, 3.05) is 0 Å². The van der Waals surface area contributed by atoms with Crippen molar-refractivity contribution in [3.63, 3.8) is 0 Å². The molecule has 4 heteroatoms. The molecule has 2 nitrogen and oxygen atoms in total. The number of halogens is 2. The van der Waals surface area contributed by atoms with Gasteiger partial charge in [0.15, 0.2) is 5.82 Å². The van der Waals surface area contributed by atoms with Crippen LogP contribution in [0.5, 0.6) is 0 Å². The van der Waals surface area contributed by atoms with E-state index in [0.29, 0.717) is 17.0 Å². The minimum absolute atomic E-state index is 0.0514. The smallest absolute Gasteiger partial charge is 0.228 e. The van der Waals surface area contributed by atoms with E-state index in [1.54, 1.807) is 18.2 Å². The predicted molar refractivity (Wildman–Crippen MR) is 195 cm³/mol. The summed E-state index contributed by atoms with van der Waals surface area (Å²) in [6, 6.07) is 55.4. The zero-order valence-electron chi connectivity index (χ0n) is 26.3. The van der Waals surface area contributed by atoms with E-state index in [1.807, 2.05) is 78.9 Å². The molecule has 232 valence electrons. The normalized spacial score (nSPS) is 12.9. The quantitative estimate of drug-likeness (QED) is 0.188. The molecule has 0 fully saturated rings. The summed E-state index contributed by atoms with van der Waals surface area (Å²) in [5.41, 5.74) is 9.78. The lowest BCUT2D eigenvalue weighted by Crippen LogP contribution is -2.10. The molecule has 0 saturated carbocycles. The largest absolute Gasteiger partial charge is 0.299 e. The Bertz CT molecular complexity index is 2510. The Morgan fingerprint density at radius 1 is 0.347 bits per heavy atom. The third kappa shape index (κ3) is 5.10. The predicted octanol–water partition coefficient (Wildman–Crippen LogP) is 12.1. The molecule has 9 rings (SSSR count). The highest BCUT2D eigenvalue weighted by Gasteiger charge is 2.44. The average molecular weight is 635 g/mol. The van der Waals surface area contributed by atoms with Crippen LogP contribution in [0.25, 0.3) is 78.1 Å². The fourth-order valence-corrected chi connectivity index (χ4v) is 6.87. The maximum Gasteiger partial charge on any atom is 0.299 e. The standard InChI is InChI=1S/C45H28F2N2/c46-45(47)40-14-8-7-13-38(40)39-24-23-35(27-41(39)45)34-21-17-31-18-22-36(26-37(31)25-34)44-48-42(32-11-5-2-6-12-32)28-43(49-44)33-19-15-30(16-20-33)29-9-3-1-4-10-29/h1-28H. The highest BCUT2D eigenvalue weighted by atomic mass is 19.3. The molecule has 0 radical (unpaired) electrons. The molecule has 49 heavy (non-hydrogen) atoms. The second-order valence-corrected chi connectivity index (χ2v) is 12.4. The molecule has 0 atom stereocenters. The summed E-state index contributed by atoms with van der Waals surface area (Å²) in [5.74, 6) is -2.42. The van der Waals surface area contributed by atoms with E-state index in [-0.39, 0.29) is 11.1 Å². The molecule has 0 amide bonds. The van der Waals surface area contributed by atoms with Crippen molar-refractivity contribution in [2.45, 2.75) is 5.92 Å². The summed E-state index contributed by atoms with van der Waals surface area (Å²) in [6.45, 7) is 0. The van der Waals surface area contributed by atoms with Gasteiger partial charge in [0.1, 0.15) is 0 Å². The van der Waals surface area contributed by atoms with E-state index >= 15 is 8.78 Å². The van der Waals surface area contributed by atoms with Gasteiger partial charge in [-0.05, 0) is 68.4 Å². The van der Waals surface area contributed by atoms with Gasteiger partial charge in [0.2, 0.25) is 0 Å². The van der Waals surface area contributed by atoms with Crippen molar-refractivity contribution in [2.24, 2.45) is 0 Å². The number of aromatic nitrogens is 2. The summed E-state index contributed by atoms with van der Waals surface area (Å²) >= 11 is 0. The summed E-state index contributed by atoms with van der Waals surface area (Å²) in [7, 11) is 0. The lowest BCUT2D eigenvalue weighted by atomic mass is 9.96. The molecule has 0 aliphatic heterocycles. The molecule has 1 aromatic heterocycles. The van der Waals surface area contributed by atoms with Gasteiger partial charge < -0.3 is 0 Å². The molecule has 0 N–H and O–H groups in total. The lowest BCUT2D eigenvalue weighted by Gasteiger charge is -2.14. The van der Waals surface area contributed by atoms with Crippen molar-refractivity contribution in [3.05, 3.63) is 181 Å². The zero-order valence-corrected chi connectivity index (χ0v) is 26.3. The third-order valence-electron chi connectivity index (χ3n) is 9.43. The molecule has 1 aliphatic rings. The van der Waals surface area contributed by atoms with Crippen LogP contribution in [0.15, 0.2) is 170 Å². The minimum atomic E-state index is -3.04. The molecular formula is C45H28F2N2. The highest BCUT2D eigenvalue weighted by Crippen LogP contribution is 2.51.